The number of thiazole rings is 1. The van der Waals surface area contributed by atoms with E-state index in [1.54, 1.807) is 11.3 Å². The molecule has 2 aromatic rings. The van der Waals surface area contributed by atoms with Gasteiger partial charge in [-0.3, -0.25) is 0 Å². The number of nitrogens with zero attached hydrogens (tertiary/aromatic N) is 1. The second-order valence-corrected chi connectivity index (χ2v) is 5.41. The lowest BCUT2D eigenvalue weighted by Crippen LogP contribution is -2.09. The molecule has 100 valence electrons. The molecule has 5 heteroatoms. The van der Waals surface area contributed by atoms with Gasteiger partial charge < -0.3 is 10.5 Å². The molecule has 0 aliphatic rings. The van der Waals surface area contributed by atoms with Crippen LogP contribution in [0.15, 0.2) is 24.3 Å². The van der Waals surface area contributed by atoms with Crippen LogP contribution in [-0.2, 0) is 6.42 Å². The lowest BCUT2D eigenvalue weighted by Gasteiger charge is -2.02. The first-order valence-corrected chi connectivity index (χ1v) is 7.40. The molecule has 1 aromatic heterocycles. The van der Waals surface area contributed by atoms with Crippen LogP contribution in [0.4, 0.5) is 0 Å². The van der Waals surface area contributed by atoms with Gasteiger partial charge in [0.2, 0.25) is 0 Å². The van der Waals surface area contributed by atoms with Crippen LogP contribution in [0.2, 0.25) is 0 Å². The SMILES string of the molecule is CCOc1ccc(-c2nc(CC)c(C(N)=S)s2)cc1. The summed E-state index contributed by atoms with van der Waals surface area (Å²) in [5.41, 5.74) is 7.76. The van der Waals surface area contributed by atoms with Gasteiger partial charge >= 0.3 is 0 Å². The zero-order chi connectivity index (χ0) is 13.8. The van der Waals surface area contributed by atoms with Gasteiger partial charge in [-0.2, -0.15) is 0 Å². The van der Waals surface area contributed by atoms with Crippen molar-refractivity contribution in [3.05, 3.63) is 34.8 Å². The normalized spacial score (nSPS) is 10.4. The van der Waals surface area contributed by atoms with E-state index in [2.05, 4.69) is 11.9 Å². The van der Waals surface area contributed by atoms with E-state index >= 15 is 0 Å². The molecule has 1 heterocycles. The highest BCUT2D eigenvalue weighted by Gasteiger charge is 2.13. The second kappa shape index (κ2) is 6.12. The third kappa shape index (κ3) is 3.11. The van der Waals surface area contributed by atoms with Gasteiger partial charge in [0.15, 0.2) is 0 Å². The lowest BCUT2D eigenvalue weighted by molar-refractivity contribution is 0.340. The predicted molar refractivity (Wildman–Crippen MR) is 84.0 cm³/mol. The summed E-state index contributed by atoms with van der Waals surface area (Å²) in [6.07, 6.45) is 0.834. The molecular weight excluding hydrogens is 276 g/mol. The molecule has 0 amide bonds. The van der Waals surface area contributed by atoms with Crippen molar-refractivity contribution >= 4 is 28.5 Å². The zero-order valence-electron chi connectivity index (χ0n) is 11.0. The van der Waals surface area contributed by atoms with Crippen molar-refractivity contribution in [3.63, 3.8) is 0 Å². The number of nitrogens with two attached hydrogens (primary N) is 1. The van der Waals surface area contributed by atoms with Crippen LogP contribution < -0.4 is 10.5 Å². The Labute approximate surface area is 122 Å². The maximum Gasteiger partial charge on any atom is 0.124 e. The molecule has 2 rings (SSSR count). The number of thiocarbonyl (C=S) groups is 1. The van der Waals surface area contributed by atoms with E-state index in [-0.39, 0.29) is 0 Å². The molecule has 0 atom stereocenters. The Kier molecular flexibility index (Phi) is 4.50. The molecule has 0 radical (unpaired) electrons. The molecular formula is C14H16N2OS2. The van der Waals surface area contributed by atoms with E-state index in [0.29, 0.717) is 11.6 Å². The van der Waals surface area contributed by atoms with Crippen molar-refractivity contribution in [1.82, 2.24) is 4.98 Å². The molecule has 3 nitrogen and oxygen atoms in total. The summed E-state index contributed by atoms with van der Waals surface area (Å²) in [5.74, 6) is 0.869. The van der Waals surface area contributed by atoms with Gasteiger partial charge in [0, 0.05) is 5.56 Å². The largest absolute Gasteiger partial charge is 0.494 e. The maximum atomic E-state index is 5.73. The molecule has 0 saturated heterocycles. The highest BCUT2D eigenvalue weighted by atomic mass is 32.1. The van der Waals surface area contributed by atoms with Crippen LogP contribution >= 0.6 is 23.6 Å². The third-order valence-electron chi connectivity index (χ3n) is 2.67. The summed E-state index contributed by atoms with van der Waals surface area (Å²) < 4.78 is 5.43. The number of aryl methyl sites for hydroxylation is 1. The molecule has 0 bridgehead atoms. The monoisotopic (exact) mass is 292 g/mol. The van der Waals surface area contributed by atoms with E-state index in [4.69, 9.17) is 22.7 Å². The fourth-order valence-corrected chi connectivity index (χ4v) is 3.02. The van der Waals surface area contributed by atoms with Crippen LogP contribution in [0.3, 0.4) is 0 Å². The van der Waals surface area contributed by atoms with Gasteiger partial charge in [-0.25, -0.2) is 4.98 Å². The minimum absolute atomic E-state index is 0.423. The molecule has 19 heavy (non-hydrogen) atoms. The van der Waals surface area contributed by atoms with Crippen LogP contribution in [0.25, 0.3) is 10.6 Å². The predicted octanol–water partition coefficient (Wildman–Crippen LogP) is 3.41. The van der Waals surface area contributed by atoms with Crippen molar-refractivity contribution in [3.8, 4) is 16.3 Å². The number of hydrogen-bond donors (Lipinski definition) is 1. The van der Waals surface area contributed by atoms with Crippen LogP contribution in [0.1, 0.15) is 24.4 Å². The van der Waals surface area contributed by atoms with Gasteiger partial charge in [-0.05, 0) is 37.6 Å². The van der Waals surface area contributed by atoms with Crippen LogP contribution in [0, 0.1) is 0 Å². The molecule has 0 unspecified atom stereocenters. The second-order valence-electron chi connectivity index (χ2n) is 3.97. The summed E-state index contributed by atoms with van der Waals surface area (Å²) in [7, 11) is 0. The number of hydrogen-bond acceptors (Lipinski definition) is 4. The zero-order valence-corrected chi connectivity index (χ0v) is 12.6. The molecule has 1 aromatic carbocycles. The Morgan fingerprint density at radius 1 is 1.32 bits per heavy atom. The van der Waals surface area contributed by atoms with Crippen LogP contribution in [-0.4, -0.2) is 16.6 Å². The first-order chi connectivity index (χ1) is 9.15. The fourth-order valence-electron chi connectivity index (χ4n) is 1.77. The van der Waals surface area contributed by atoms with Crippen molar-refractivity contribution in [2.24, 2.45) is 5.73 Å². The molecule has 0 saturated carbocycles. The first-order valence-electron chi connectivity index (χ1n) is 6.18. The number of ether oxygens (including phenoxy) is 1. The van der Waals surface area contributed by atoms with Gasteiger partial charge in [-0.1, -0.05) is 19.1 Å². The Balaban J connectivity index is 2.33. The Hall–Kier alpha value is -1.46. The van der Waals surface area contributed by atoms with Gasteiger partial charge in [-0.15, -0.1) is 11.3 Å². The summed E-state index contributed by atoms with van der Waals surface area (Å²) in [5, 5.41) is 0.947. The summed E-state index contributed by atoms with van der Waals surface area (Å²) in [6.45, 7) is 4.69. The van der Waals surface area contributed by atoms with E-state index in [9.17, 15) is 0 Å². The van der Waals surface area contributed by atoms with E-state index in [0.717, 1.165) is 33.3 Å². The van der Waals surface area contributed by atoms with Crippen molar-refractivity contribution in [2.45, 2.75) is 20.3 Å². The van der Waals surface area contributed by atoms with E-state index in [1.807, 2.05) is 31.2 Å². The molecule has 0 fully saturated rings. The quantitative estimate of drug-likeness (QED) is 0.858. The fraction of sp³-hybridized carbons (Fsp3) is 0.286. The Morgan fingerprint density at radius 2 is 2.00 bits per heavy atom. The van der Waals surface area contributed by atoms with Crippen molar-refractivity contribution in [1.29, 1.82) is 0 Å². The highest BCUT2D eigenvalue weighted by molar-refractivity contribution is 7.81. The van der Waals surface area contributed by atoms with E-state index < -0.39 is 0 Å². The smallest absolute Gasteiger partial charge is 0.124 e. The summed E-state index contributed by atoms with van der Waals surface area (Å²) in [4.78, 5) is 5.95. The summed E-state index contributed by atoms with van der Waals surface area (Å²) >= 11 is 6.61. The van der Waals surface area contributed by atoms with Crippen molar-refractivity contribution < 1.29 is 4.74 Å². The van der Waals surface area contributed by atoms with Gasteiger partial charge in [0.05, 0.1) is 17.2 Å². The lowest BCUT2D eigenvalue weighted by atomic mass is 10.2. The number of aromatic nitrogens is 1. The topological polar surface area (TPSA) is 48.1 Å². The highest BCUT2D eigenvalue weighted by Crippen LogP contribution is 2.29. The molecule has 0 spiro atoms. The number of benzene rings is 1. The standard InChI is InChI=1S/C14H16N2OS2/c1-3-11-12(13(15)18)19-14(16-11)9-5-7-10(8-6-9)17-4-2/h5-8H,3-4H2,1-2H3,(H2,15,18). The maximum absolute atomic E-state index is 5.73. The first kappa shape index (κ1) is 14.0. The average molecular weight is 292 g/mol. The average Bonchev–Trinajstić information content (AvgIpc) is 2.84. The minimum Gasteiger partial charge on any atom is -0.494 e. The van der Waals surface area contributed by atoms with E-state index in [1.165, 1.54) is 0 Å². The van der Waals surface area contributed by atoms with Crippen molar-refractivity contribution in [2.75, 3.05) is 6.61 Å². The Morgan fingerprint density at radius 3 is 2.47 bits per heavy atom. The minimum atomic E-state index is 0.423. The Bertz CT molecular complexity index is 576. The van der Waals surface area contributed by atoms with Gasteiger partial charge in [0.1, 0.15) is 15.7 Å². The molecule has 0 aliphatic carbocycles. The van der Waals surface area contributed by atoms with Gasteiger partial charge in [0.25, 0.3) is 0 Å². The third-order valence-corrected chi connectivity index (χ3v) is 4.18. The molecule has 0 aliphatic heterocycles. The summed E-state index contributed by atoms with van der Waals surface area (Å²) in [6, 6.07) is 7.91. The number of rotatable bonds is 5. The van der Waals surface area contributed by atoms with Crippen LogP contribution in [0.5, 0.6) is 5.75 Å². The molecule has 2 N–H and O–H groups in total.